The lowest BCUT2D eigenvalue weighted by Gasteiger charge is -2.17. The van der Waals surface area contributed by atoms with Gasteiger partial charge in [-0.05, 0) is 13.8 Å². The normalized spacial score (nSPS) is 12.1. The summed E-state index contributed by atoms with van der Waals surface area (Å²) < 4.78 is 0. The molecule has 0 aliphatic heterocycles. The van der Waals surface area contributed by atoms with Gasteiger partial charge in [-0.1, -0.05) is 0 Å². The molecule has 0 fully saturated rings. The van der Waals surface area contributed by atoms with Crippen LogP contribution >= 0.6 is 0 Å². The van der Waals surface area contributed by atoms with Crippen LogP contribution in [0.15, 0.2) is 0 Å². The van der Waals surface area contributed by atoms with Crippen LogP contribution < -0.4 is 0 Å². The molecule has 0 unspecified atom stereocenters. The highest BCUT2D eigenvalue weighted by atomic mass is 16.5. The molecule has 0 rings (SSSR count). The molecule has 0 aliphatic carbocycles. The summed E-state index contributed by atoms with van der Waals surface area (Å²) in [5, 5.41) is 16.8. The third-order valence-corrected chi connectivity index (χ3v) is 0.969. The van der Waals surface area contributed by atoms with E-state index in [1.54, 1.807) is 0 Å². The van der Waals surface area contributed by atoms with Gasteiger partial charge in [-0.25, -0.2) is 0 Å². The van der Waals surface area contributed by atoms with E-state index < -0.39 is 11.7 Å². The number of hydrogen-bond acceptors (Lipinski definition) is 3. The Morgan fingerprint density at radius 1 is 1.50 bits per heavy atom. The van der Waals surface area contributed by atoms with Crippen LogP contribution in [-0.2, 0) is 4.79 Å². The molecule has 2 N–H and O–H groups in total. The zero-order valence-electron chi connectivity index (χ0n) is 4.96. The number of aliphatic hydroxyl groups is 2. The highest BCUT2D eigenvalue weighted by molar-refractivity contribution is 5.58. The van der Waals surface area contributed by atoms with E-state index in [0.29, 0.717) is 6.29 Å². The predicted molar refractivity (Wildman–Crippen MR) is 28.1 cm³/mol. The van der Waals surface area contributed by atoms with Gasteiger partial charge < -0.3 is 15.0 Å². The largest absolute Gasteiger partial charge is 0.367 e. The fourth-order valence-corrected chi connectivity index (χ4v) is 0.0609. The van der Waals surface area contributed by atoms with Gasteiger partial charge in [-0.15, -0.1) is 0 Å². The molecule has 0 atom stereocenters. The first-order valence-electron chi connectivity index (χ1n) is 2.33. The number of carbonyl (C=O) groups excluding carboxylic acids is 1. The van der Waals surface area contributed by atoms with Gasteiger partial charge >= 0.3 is 0 Å². The predicted octanol–water partition coefficient (Wildman–Crippen LogP) is -0.478. The van der Waals surface area contributed by atoms with E-state index in [1.165, 1.54) is 13.8 Å². The number of carbonyl (C=O) groups is 1. The maximum absolute atomic E-state index is 9.95. The Morgan fingerprint density at radius 3 is 1.88 bits per heavy atom. The monoisotopic (exact) mass is 118 g/mol. The van der Waals surface area contributed by atoms with Gasteiger partial charge in [0.15, 0.2) is 6.29 Å². The molecule has 0 aromatic rings. The molecule has 0 saturated carbocycles. The molecule has 0 aliphatic rings. The van der Waals surface area contributed by atoms with E-state index in [-0.39, 0.29) is 0 Å². The number of aliphatic hydroxyl groups excluding tert-OH is 1. The summed E-state index contributed by atoms with van der Waals surface area (Å²) in [6, 6.07) is 0. The van der Waals surface area contributed by atoms with E-state index in [2.05, 4.69) is 0 Å². The summed E-state index contributed by atoms with van der Waals surface area (Å²) in [4.78, 5) is 9.95. The second-order valence-corrected chi connectivity index (χ2v) is 2.31. The molecule has 0 saturated heterocycles. The molecule has 0 spiro atoms. The Balaban J connectivity index is 3.90. The maximum atomic E-state index is 9.95. The summed E-state index contributed by atoms with van der Waals surface area (Å²) in [6.07, 6.45) is -1.04. The van der Waals surface area contributed by atoms with E-state index in [9.17, 15) is 4.79 Å². The van der Waals surface area contributed by atoms with Crippen molar-refractivity contribution in [3.8, 4) is 0 Å². The van der Waals surface area contributed by atoms with Gasteiger partial charge in [0.05, 0.1) is 5.41 Å². The summed E-state index contributed by atoms with van der Waals surface area (Å²) >= 11 is 0. The van der Waals surface area contributed by atoms with E-state index in [0.717, 1.165) is 0 Å². The highest BCUT2D eigenvalue weighted by Crippen LogP contribution is 2.13. The molecule has 3 heteroatoms. The summed E-state index contributed by atoms with van der Waals surface area (Å²) in [7, 11) is 0. The average Bonchev–Trinajstić information content (AvgIpc) is 1.67. The first kappa shape index (κ1) is 7.59. The van der Waals surface area contributed by atoms with Gasteiger partial charge in [0.1, 0.15) is 6.29 Å². The Morgan fingerprint density at radius 2 is 1.88 bits per heavy atom. The highest BCUT2D eigenvalue weighted by Gasteiger charge is 2.24. The lowest BCUT2D eigenvalue weighted by Crippen LogP contribution is -2.29. The summed E-state index contributed by atoms with van der Waals surface area (Å²) in [6.45, 7) is 2.90. The van der Waals surface area contributed by atoms with Gasteiger partial charge in [-0.2, -0.15) is 0 Å². The Bertz CT molecular complexity index is 85.7. The number of rotatable bonds is 2. The number of hydrogen-bond donors (Lipinski definition) is 2. The molecule has 0 heterocycles. The van der Waals surface area contributed by atoms with Crippen molar-refractivity contribution in [3.63, 3.8) is 0 Å². The summed E-state index contributed by atoms with van der Waals surface area (Å²) in [5.41, 5.74) is -1.03. The molecule has 0 radical (unpaired) electrons. The second-order valence-electron chi connectivity index (χ2n) is 2.31. The lowest BCUT2D eigenvalue weighted by molar-refractivity contribution is -0.144. The van der Waals surface area contributed by atoms with Crippen molar-refractivity contribution in [1.29, 1.82) is 0 Å². The van der Waals surface area contributed by atoms with Crippen LogP contribution in [0.5, 0.6) is 0 Å². The van der Waals surface area contributed by atoms with E-state index in [1.807, 2.05) is 0 Å². The minimum atomic E-state index is -1.56. The minimum absolute atomic E-state index is 0.512. The van der Waals surface area contributed by atoms with Crippen LogP contribution in [0.3, 0.4) is 0 Å². The first-order chi connectivity index (χ1) is 3.50. The smallest absolute Gasteiger partial charge is 0.163 e. The van der Waals surface area contributed by atoms with Crippen molar-refractivity contribution in [3.05, 3.63) is 0 Å². The lowest BCUT2D eigenvalue weighted by atomic mass is 9.95. The summed E-state index contributed by atoms with van der Waals surface area (Å²) in [5.74, 6) is 0. The Hall–Kier alpha value is -0.410. The van der Waals surface area contributed by atoms with Crippen LogP contribution in [0.25, 0.3) is 0 Å². The average molecular weight is 118 g/mol. The Labute approximate surface area is 47.9 Å². The van der Waals surface area contributed by atoms with Crippen molar-refractivity contribution in [2.75, 3.05) is 0 Å². The third kappa shape index (κ3) is 1.60. The molecular formula is C5H10O3. The SMILES string of the molecule is CC(C)(C=O)C(O)O. The van der Waals surface area contributed by atoms with E-state index in [4.69, 9.17) is 10.2 Å². The molecule has 0 bridgehead atoms. The van der Waals surface area contributed by atoms with Crippen LogP contribution in [0.1, 0.15) is 13.8 Å². The van der Waals surface area contributed by atoms with Gasteiger partial charge in [0.25, 0.3) is 0 Å². The molecule has 8 heavy (non-hydrogen) atoms. The van der Waals surface area contributed by atoms with Crippen molar-refractivity contribution in [2.45, 2.75) is 20.1 Å². The first-order valence-corrected chi connectivity index (χ1v) is 2.33. The van der Waals surface area contributed by atoms with Crippen molar-refractivity contribution in [1.82, 2.24) is 0 Å². The second kappa shape index (κ2) is 2.24. The van der Waals surface area contributed by atoms with Gasteiger partial charge in [-0.3, -0.25) is 0 Å². The zero-order valence-corrected chi connectivity index (χ0v) is 4.96. The Kier molecular flexibility index (Phi) is 2.12. The standard InChI is InChI=1S/C5H10O3/c1-5(2,3-6)4(7)8/h3-4,7-8H,1-2H3. The molecule has 0 amide bonds. The van der Waals surface area contributed by atoms with Crippen molar-refractivity contribution in [2.24, 2.45) is 5.41 Å². The van der Waals surface area contributed by atoms with Crippen molar-refractivity contribution >= 4 is 6.29 Å². The van der Waals surface area contributed by atoms with Crippen LogP contribution in [0.4, 0.5) is 0 Å². The van der Waals surface area contributed by atoms with Crippen LogP contribution in [0.2, 0.25) is 0 Å². The maximum Gasteiger partial charge on any atom is 0.163 e. The fraction of sp³-hybridized carbons (Fsp3) is 0.800. The topological polar surface area (TPSA) is 57.5 Å². The third-order valence-electron chi connectivity index (χ3n) is 0.969. The molecule has 0 aromatic carbocycles. The zero-order chi connectivity index (χ0) is 6.78. The van der Waals surface area contributed by atoms with E-state index >= 15 is 0 Å². The molecule has 48 valence electrons. The molecule has 0 aromatic heterocycles. The quantitative estimate of drug-likeness (QED) is 0.380. The van der Waals surface area contributed by atoms with Crippen LogP contribution in [0, 0.1) is 5.41 Å². The van der Waals surface area contributed by atoms with Gasteiger partial charge in [0.2, 0.25) is 0 Å². The molecule has 3 nitrogen and oxygen atoms in total. The number of aldehydes is 1. The van der Waals surface area contributed by atoms with Crippen molar-refractivity contribution < 1.29 is 15.0 Å². The minimum Gasteiger partial charge on any atom is -0.367 e. The van der Waals surface area contributed by atoms with Gasteiger partial charge in [0, 0.05) is 0 Å². The fourth-order valence-electron chi connectivity index (χ4n) is 0.0609. The van der Waals surface area contributed by atoms with Crippen LogP contribution in [-0.4, -0.2) is 22.8 Å². The molecular weight excluding hydrogens is 108 g/mol.